The standard InChI is InChI=1S/C52H32N4O2/c53-31-37-17-7-9-19-39(37)35-25-27-46-44(29-35)45-30-36(40-20-10-8-18-38(40)32-54)26-28-47(45)55(46)48-24-12-23-43-49(48)52(58)56(51(43)57)50-41(33-13-3-1-4-14-33)21-11-22-42(50)34-15-5-2-6-16-34/h1-30,51,57H. The zero-order valence-corrected chi connectivity index (χ0v) is 31.0. The average molecular weight is 745 g/mol. The molecule has 0 saturated heterocycles. The molecule has 8 aromatic carbocycles. The van der Waals surface area contributed by atoms with Gasteiger partial charge in [-0.2, -0.15) is 10.5 Å². The third-order valence-corrected chi connectivity index (χ3v) is 11.2. The number of aromatic nitrogens is 1. The van der Waals surface area contributed by atoms with E-state index in [1.54, 1.807) is 4.90 Å². The summed E-state index contributed by atoms with van der Waals surface area (Å²) in [6.45, 7) is 0. The predicted octanol–water partition coefficient (Wildman–Crippen LogP) is 11.8. The van der Waals surface area contributed by atoms with Gasteiger partial charge < -0.3 is 9.67 Å². The molecule has 1 N–H and O–H groups in total. The molecule has 9 aromatic rings. The highest BCUT2D eigenvalue weighted by Gasteiger charge is 2.41. The molecule has 1 atom stereocenters. The van der Waals surface area contributed by atoms with Gasteiger partial charge in [0.15, 0.2) is 6.23 Å². The van der Waals surface area contributed by atoms with Gasteiger partial charge in [-0.25, -0.2) is 0 Å². The molecule has 1 aliphatic rings. The molecule has 0 fully saturated rings. The Balaban J connectivity index is 1.21. The molecular weight excluding hydrogens is 713 g/mol. The van der Waals surface area contributed by atoms with Gasteiger partial charge in [-0.05, 0) is 75.8 Å². The fraction of sp³-hybridized carbons (Fsp3) is 0.0192. The summed E-state index contributed by atoms with van der Waals surface area (Å²) >= 11 is 0. The first-order valence-electron chi connectivity index (χ1n) is 19.0. The van der Waals surface area contributed by atoms with Crippen LogP contribution < -0.4 is 4.90 Å². The highest BCUT2D eigenvalue weighted by molar-refractivity contribution is 6.18. The zero-order valence-electron chi connectivity index (χ0n) is 31.0. The van der Waals surface area contributed by atoms with Gasteiger partial charge in [-0.3, -0.25) is 9.69 Å². The summed E-state index contributed by atoms with van der Waals surface area (Å²) in [5.41, 5.74) is 11.9. The number of carbonyl (C=O) groups is 1. The van der Waals surface area contributed by atoms with E-state index in [2.05, 4.69) is 28.8 Å². The van der Waals surface area contributed by atoms with E-state index in [-0.39, 0.29) is 5.91 Å². The molecule has 1 aromatic heterocycles. The Morgan fingerprint density at radius 2 is 0.948 bits per heavy atom. The number of anilines is 1. The summed E-state index contributed by atoms with van der Waals surface area (Å²) in [6, 6.07) is 63.6. The Morgan fingerprint density at radius 3 is 1.47 bits per heavy atom. The second-order valence-electron chi connectivity index (χ2n) is 14.3. The first-order valence-corrected chi connectivity index (χ1v) is 19.0. The Morgan fingerprint density at radius 1 is 0.483 bits per heavy atom. The summed E-state index contributed by atoms with van der Waals surface area (Å²) < 4.78 is 2.10. The van der Waals surface area contributed by atoms with Crippen molar-refractivity contribution in [3.63, 3.8) is 0 Å². The van der Waals surface area contributed by atoms with Crippen molar-refractivity contribution in [1.29, 1.82) is 10.5 Å². The topological polar surface area (TPSA) is 93.0 Å². The summed E-state index contributed by atoms with van der Waals surface area (Å²) in [4.78, 5) is 16.8. The number of amides is 1. The fourth-order valence-corrected chi connectivity index (χ4v) is 8.57. The van der Waals surface area contributed by atoms with E-state index in [9.17, 15) is 15.6 Å². The van der Waals surface area contributed by atoms with E-state index < -0.39 is 6.23 Å². The molecule has 2 heterocycles. The summed E-state index contributed by atoms with van der Waals surface area (Å²) in [5, 5.41) is 34.1. The second-order valence-corrected chi connectivity index (χ2v) is 14.3. The molecule has 6 heteroatoms. The van der Waals surface area contributed by atoms with Crippen LogP contribution in [0.2, 0.25) is 0 Å². The predicted molar refractivity (Wildman–Crippen MR) is 230 cm³/mol. The minimum atomic E-state index is -1.26. The average Bonchev–Trinajstić information content (AvgIpc) is 3.75. The minimum Gasteiger partial charge on any atom is -0.369 e. The zero-order chi connectivity index (χ0) is 39.3. The molecule has 1 amide bonds. The number of nitrogens with zero attached hydrogens (tertiary/aromatic N) is 4. The van der Waals surface area contributed by atoms with Crippen molar-refractivity contribution in [1.82, 2.24) is 4.57 Å². The van der Waals surface area contributed by atoms with Gasteiger partial charge in [0.1, 0.15) is 0 Å². The molecule has 0 spiro atoms. The lowest BCUT2D eigenvalue weighted by molar-refractivity contribution is 0.0935. The smallest absolute Gasteiger partial charge is 0.263 e. The summed E-state index contributed by atoms with van der Waals surface area (Å²) in [5.74, 6) is -0.312. The molecule has 0 radical (unpaired) electrons. The maximum atomic E-state index is 15.3. The van der Waals surface area contributed by atoms with E-state index in [4.69, 9.17) is 0 Å². The largest absolute Gasteiger partial charge is 0.369 e. The van der Waals surface area contributed by atoms with Crippen molar-refractivity contribution in [3.8, 4) is 62.3 Å². The fourth-order valence-electron chi connectivity index (χ4n) is 8.57. The number of nitriles is 2. The number of para-hydroxylation sites is 1. The van der Waals surface area contributed by atoms with Crippen LogP contribution in [0.15, 0.2) is 182 Å². The van der Waals surface area contributed by atoms with Crippen LogP contribution in [-0.2, 0) is 0 Å². The van der Waals surface area contributed by atoms with Crippen LogP contribution in [-0.4, -0.2) is 15.6 Å². The van der Waals surface area contributed by atoms with Crippen LogP contribution in [0.3, 0.4) is 0 Å². The van der Waals surface area contributed by atoms with Crippen LogP contribution in [0.4, 0.5) is 5.69 Å². The van der Waals surface area contributed by atoms with Crippen molar-refractivity contribution in [3.05, 3.63) is 204 Å². The Hall–Kier alpha value is -8.03. The van der Waals surface area contributed by atoms with Crippen molar-refractivity contribution >= 4 is 33.4 Å². The van der Waals surface area contributed by atoms with Crippen molar-refractivity contribution in [2.45, 2.75) is 6.23 Å². The normalized spacial score (nSPS) is 13.4. The van der Waals surface area contributed by atoms with Crippen molar-refractivity contribution in [2.75, 3.05) is 4.90 Å². The van der Waals surface area contributed by atoms with Crippen molar-refractivity contribution < 1.29 is 9.90 Å². The van der Waals surface area contributed by atoms with Crippen LogP contribution in [0.1, 0.15) is 33.3 Å². The first-order chi connectivity index (χ1) is 28.6. The number of carbonyl (C=O) groups excluding carboxylic acids is 1. The Labute approximate surface area is 335 Å². The summed E-state index contributed by atoms with van der Waals surface area (Å²) in [7, 11) is 0. The van der Waals surface area contributed by atoms with Crippen molar-refractivity contribution in [2.24, 2.45) is 0 Å². The molecule has 1 unspecified atom stereocenters. The summed E-state index contributed by atoms with van der Waals surface area (Å²) in [6.07, 6.45) is -1.26. The SMILES string of the molecule is N#Cc1ccccc1-c1ccc2c(c1)c1cc(-c3ccccc3C#N)ccc1n2-c1cccc2c1C(=O)N(c1c(-c3ccccc3)cccc1-c1ccccc1)C2O. The lowest BCUT2D eigenvalue weighted by Gasteiger charge is -2.27. The van der Waals surface area contributed by atoms with Gasteiger partial charge in [0.25, 0.3) is 5.91 Å². The Bertz CT molecular complexity index is 3020. The number of fused-ring (bicyclic) bond motifs is 4. The number of aliphatic hydroxyl groups is 1. The number of hydrogen-bond acceptors (Lipinski definition) is 4. The molecule has 0 aliphatic carbocycles. The maximum Gasteiger partial charge on any atom is 0.263 e. The van der Waals surface area contributed by atoms with Crippen LogP contribution in [0.5, 0.6) is 0 Å². The monoisotopic (exact) mass is 744 g/mol. The van der Waals surface area contributed by atoms with Gasteiger partial charge >= 0.3 is 0 Å². The molecular formula is C52H32N4O2. The van der Waals surface area contributed by atoms with E-state index in [1.165, 1.54) is 0 Å². The second kappa shape index (κ2) is 13.9. The maximum absolute atomic E-state index is 15.3. The number of aliphatic hydroxyl groups excluding tert-OH is 1. The van der Waals surface area contributed by atoms with Crippen LogP contribution in [0, 0.1) is 22.7 Å². The quantitative estimate of drug-likeness (QED) is 0.183. The first kappa shape index (κ1) is 34.5. The van der Waals surface area contributed by atoms with Crippen LogP contribution >= 0.6 is 0 Å². The highest BCUT2D eigenvalue weighted by atomic mass is 16.3. The van der Waals surface area contributed by atoms with Gasteiger partial charge in [-0.15, -0.1) is 0 Å². The lowest BCUT2D eigenvalue weighted by Crippen LogP contribution is -2.29. The Kier molecular flexibility index (Phi) is 8.27. The number of benzene rings is 8. The molecule has 58 heavy (non-hydrogen) atoms. The van der Waals surface area contributed by atoms with E-state index in [1.807, 2.05) is 170 Å². The van der Waals surface area contributed by atoms with Gasteiger partial charge in [0.05, 0.1) is 51.2 Å². The molecule has 0 bridgehead atoms. The lowest BCUT2D eigenvalue weighted by atomic mass is 9.95. The molecule has 6 nitrogen and oxygen atoms in total. The van der Waals surface area contributed by atoms with Gasteiger partial charge in [0, 0.05) is 27.5 Å². The molecule has 272 valence electrons. The van der Waals surface area contributed by atoms with E-state index in [0.29, 0.717) is 33.6 Å². The number of hydrogen-bond donors (Lipinski definition) is 1. The third-order valence-electron chi connectivity index (χ3n) is 11.2. The third kappa shape index (κ3) is 5.40. The molecule has 1 aliphatic heterocycles. The minimum absolute atomic E-state index is 0.312. The van der Waals surface area contributed by atoms with Gasteiger partial charge in [-0.1, -0.05) is 140 Å². The van der Waals surface area contributed by atoms with E-state index >= 15 is 4.79 Å². The molecule has 10 rings (SSSR count). The van der Waals surface area contributed by atoms with Gasteiger partial charge in [0.2, 0.25) is 0 Å². The molecule has 0 saturated carbocycles. The number of rotatable bonds is 6. The highest BCUT2D eigenvalue weighted by Crippen LogP contribution is 2.48. The van der Waals surface area contributed by atoms with E-state index in [0.717, 1.165) is 66.3 Å². The van der Waals surface area contributed by atoms with Crippen LogP contribution in [0.25, 0.3) is 72.0 Å².